The molecule has 0 amide bonds. The maximum atomic E-state index is 5.84. The number of ether oxygens (including phenoxy) is 1. The van der Waals surface area contributed by atoms with Crippen molar-refractivity contribution < 1.29 is 4.74 Å². The molecule has 0 spiro atoms. The number of morpholine rings is 1. The van der Waals surface area contributed by atoms with Gasteiger partial charge in [0.1, 0.15) is 0 Å². The molecule has 94 valence electrons. The first-order valence-electron chi connectivity index (χ1n) is 6.45. The average Bonchev–Trinajstić information content (AvgIpc) is 2.33. The summed E-state index contributed by atoms with van der Waals surface area (Å²) in [5, 5.41) is 3.41. The zero-order chi connectivity index (χ0) is 11.5. The van der Waals surface area contributed by atoms with Crippen molar-refractivity contribution in [3.8, 4) is 0 Å². The molecule has 0 aromatic rings. The van der Waals surface area contributed by atoms with Gasteiger partial charge in [-0.05, 0) is 20.9 Å². The molecule has 2 heterocycles. The lowest BCUT2D eigenvalue weighted by Gasteiger charge is -2.43. The first kappa shape index (κ1) is 12.3. The van der Waals surface area contributed by atoms with Crippen molar-refractivity contribution in [2.75, 3.05) is 46.4 Å². The SMILES string of the molecule is CC1CN(C(C)C2CNCCO2)CCN1C. The highest BCUT2D eigenvalue weighted by molar-refractivity contribution is 4.86. The van der Waals surface area contributed by atoms with E-state index in [0.717, 1.165) is 26.2 Å². The average molecular weight is 227 g/mol. The molecule has 1 N–H and O–H groups in total. The minimum absolute atomic E-state index is 0.365. The van der Waals surface area contributed by atoms with E-state index in [2.05, 4.69) is 36.0 Å². The molecule has 2 aliphatic heterocycles. The monoisotopic (exact) mass is 227 g/mol. The summed E-state index contributed by atoms with van der Waals surface area (Å²) in [7, 11) is 2.21. The van der Waals surface area contributed by atoms with Crippen molar-refractivity contribution in [2.24, 2.45) is 0 Å². The van der Waals surface area contributed by atoms with Gasteiger partial charge < -0.3 is 15.0 Å². The molecule has 0 aromatic carbocycles. The molecule has 4 nitrogen and oxygen atoms in total. The molecule has 0 bridgehead atoms. The highest BCUT2D eigenvalue weighted by Gasteiger charge is 2.30. The van der Waals surface area contributed by atoms with Gasteiger partial charge in [0.05, 0.1) is 12.7 Å². The fourth-order valence-corrected chi connectivity index (χ4v) is 2.58. The molecule has 3 atom stereocenters. The number of piperazine rings is 1. The molecular weight excluding hydrogens is 202 g/mol. The predicted molar refractivity (Wildman–Crippen MR) is 65.7 cm³/mol. The van der Waals surface area contributed by atoms with Crippen LogP contribution >= 0.6 is 0 Å². The Morgan fingerprint density at radius 1 is 1.38 bits per heavy atom. The van der Waals surface area contributed by atoms with Gasteiger partial charge in [0.15, 0.2) is 0 Å². The second-order valence-electron chi connectivity index (χ2n) is 5.18. The van der Waals surface area contributed by atoms with Crippen LogP contribution in [-0.2, 0) is 4.74 Å². The van der Waals surface area contributed by atoms with Crippen molar-refractivity contribution >= 4 is 0 Å². The number of hydrogen-bond donors (Lipinski definition) is 1. The third-order valence-corrected chi connectivity index (χ3v) is 4.06. The van der Waals surface area contributed by atoms with Crippen LogP contribution in [0.25, 0.3) is 0 Å². The lowest BCUT2D eigenvalue weighted by Crippen LogP contribution is -2.58. The minimum atomic E-state index is 0.365. The summed E-state index contributed by atoms with van der Waals surface area (Å²) in [6.07, 6.45) is 0.365. The molecule has 4 heteroatoms. The predicted octanol–water partition coefficient (Wildman–Crippen LogP) is -0.000800. The zero-order valence-corrected chi connectivity index (χ0v) is 10.8. The van der Waals surface area contributed by atoms with Crippen molar-refractivity contribution in [3.05, 3.63) is 0 Å². The maximum absolute atomic E-state index is 5.84. The van der Waals surface area contributed by atoms with Crippen molar-refractivity contribution in [1.29, 1.82) is 0 Å². The van der Waals surface area contributed by atoms with Gasteiger partial charge in [-0.3, -0.25) is 4.90 Å². The Labute approximate surface area is 98.9 Å². The molecule has 2 aliphatic rings. The van der Waals surface area contributed by atoms with E-state index in [0.29, 0.717) is 18.2 Å². The van der Waals surface area contributed by atoms with Gasteiger partial charge in [0.2, 0.25) is 0 Å². The Balaban J connectivity index is 1.86. The summed E-state index contributed by atoms with van der Waals surface area (Å²) in [4.78, 5) is 5.01. The van der Waals surface area contributed by atoms with Crippen LogP contribution in [0.4, 0.5) is 0 Å². The van der Waals surface area contributed by atoms with Crippen LogP contribution < -0.4 is 5.32 Å². The smallest absolute Gasteiger partial charge is 0.0852 e. The molecule has 0 radical (unpaired) electrons. The summed E-state index contributed by atoms with van der Waals surface area (Å²) < 4.78 is 5.84. The first-order valence-corrected chi connectivity index (χ1v) is 6.45. The van der Waals surface area contributed by atoms with Crippen LogP contribution in [0.3, 0.4) is 0 Å². The first-order chi connectivity index (χ1) is 7.68. The number of rotatable bonds is 2. The maximum Gasteiger partial charge on any atom is 0.0852 e. The Morgan fingerprint density at radius 3 is 2.81 bits per heavy atom. The highest BCUT2D eigenvalue weighted by atomic mass is 16.5. The summed E-state index contributed by atoms with van der Waals surface area (Å²) in [5.41, 5.74) is 0. The van der Waals surface area contributed by atoms with Gasteiger partial charge in [-0.1, -0.05) is 0 Å². The molecule has 2 fully saturated rings. The van der Waals surface area contributed by atoms with E-state index in [1.165, 1.54) is 13.1 Å². The minimum Gasteiger partial charge on any atom is -0.374 e. The second-order valence-corrected chi connectivity index (χ2v) is 5.18. The zero-order valence-electron chi connectivity index (χ0n) is 10.8. The number of likely N-dealkylation sites (N-methyl/N-ethyl adjacent to an activating group) is 1. The van der Waals surface area contributed by atoms with Gasteiger partial charge in [-0.25, -0.2) is 0 Å². The van der Waals surface area contributed by atoms with Crippen LogP contribution in [0.5, 0.6) is 0 Å². The molecular formula is C12H25N3O. The van der Waals surface area contributed by atoms with Crippen LogP contribution in [0.15, 0.2) is 0 Å². The molecule has 0 aliphatic carbocycles. The molecule has 3 unspecified atom stereocenters. The van der Waals surface area contributed by atoms with E-state index < -0.39 is 0 Å². The second kappa shape index (κ2) is 5.45. The molecule has 0 saturated carbocycles. The van der Waals surface area contributed by atoms with E-state index in [-0.39, 0.29) is 0 Å². The number of nitrogens with zero attached hydrogens (tertiary/aromatic N) is 2. The summed E-state index contributed by atoms with van der Waals surface area (Å²) in [6, 6.07) is 1.19. The third kappa shape index (κ3) is 2.74. The lowest BCUT2D eigenvalue weighted by atomic mass is 10.1. The Hall–Kier alpha value is -0.160. The molecule has 0 aromatic heterocycles. The van der Waals surface area contributed by atoms with Gasteiger partial charge in [-0.2, -0.15) is 0 Å². The van der Waals surface area contributed by atoms with Crippen molar-refractivity contribution in [2.45, 2.75) is 32.0 Å². The highest BCUT2D eigenvalue weighted by Crippen LogP contribution is 2.15. The van der Waals surface area contributed by atoms with Gasteiger partial charge in [-0.15, -0.1) is 0 Å². The van der Waals surface area contributed by atoms with Gasteiger partial charge in [0.25, 0.3) is 0 Å². The van der Waals surface area contributed by atoms with E-state index in [9.17, 15) is 0 Å². The van der Waals surface area contributed by atoms with Crippen LogP contribution in [0, 0.1) is 0 Å². The normalized spacial score (nSPS) is 36.2. The summed E-state index contributed by atoms with van der Waals surface area (Å²) in [6.45, 7) is 11.0. The van der Waals surface area contributed by atoms with E-state index in [1.807, 2.05) is 0 Å². The fourth-order valence-electron chi connectivity index (χ4n) is 2.58. The number of nitrogens with one attached hydrogen (secondary N) is 1. The van der Waals surface area contributed by atoms with Crippen molar-refractivity contribution in [1.82, 2.24) is 15.1 Å². The fraction of sp³-hybridized carbons (Fsp3) is 1.00. The van der Waals surface area contributed by atoms with Gasteiger partial charge in [0, 0.05) is 44.8 Å². The van der Waals surface area contributed by atoms with E-state index >= 15 is 0 Å². The lowest BCUT2D eigenvalue weighted by molar-refractivity contribution is -0.0420. The van der Waals surface area contributed by atoms with Crippen molar-refractivity contribution in [3.63, 3.8) is 0 Å². The van der Waals surface area contributed by atoms with Crippen LogP contribution in [-0.4, -0.2) is 74.4 Å². The summed E-state index contributed by atoms with van der Waals surface area (Å²) in [5.74, 6) is 0. The molecule has 16 heavy (non-hydrogen) atoms. The Morgan fingerprint density at radius 2 is 2.19 bits per heavy atom. The molecule has 2 rings (SSSR count). The summed E-state index contributed by atoms with van der Waals surface area (Å²) >= 11 is 0. The van der Waals surface area contributed by atoms with Crippen LogP contribution in [0.2, 0.25) is 0 Å². The topological polar surface area (TPSA) is 27.7 Å². The van der Waals surface area contributed by atoms with E-state index in [1.54, 1.807) is 0 Å². The number of hydrogen-bond acceptors (Lipinski definition) is 4. The molecule has 2 saturated heterocycles. The Bertz CT molecular complexity index is 218. The van der Waals surface area contributed by atoms with Crippen LogP contribution in [0.1, 0.15) is 13.8 Å². The third-order valence-electron chi connectivity index (χ3n) is 4.06. The Kier molecular flexibility index (Phi) is 4.19. The van der Waals surface area contributed by atoms with Gasteiger partial charge >= 0.3 is 0 Å². The largest absolute Gasteiger partial charge is 0.374 e. The van der Waals surface area contributed by atoms with E-state index in [4.69, 9.17) is 4.74 Å². The quantitative estimate of drug-likeness (QED) is 0.719. The standard InChI is InChI=1S/C12H25N3O/c1-10-9-15(6-5-14(10)3)11(2)12-8-13-4-7-16-12/h10-13H,4-9H2,1-3H3.